The average Bonchev–Trinajstić information content (AvgIpc) is 4.08. The normalized spacial score (nSPS) is 54.1. The lowest BCUT2D eigenvalue weighted by molar-refractivity contribution is -0.383. The van der Waals surface area contributed by atoms with E-state index in [2.05, 4.69) is 33.0 Å². The van der Waals surface area contributed by atoms with Gasteiger partial charge in [0.15, 0.2) is 18.9 Å². The summed E-state index contributed by atoms with van der Waals surface area (Å²) in [6, 6.07) is 7.04. The smallest absolute Gasteiger partial charge is 0.340 e. The molecule has 77 heavy (non-hydrogen) atoms. The maximum absolute atomic E-state index is 13.8. The number of hydrogen-bond donors (Lipinski definition) is 12. The molecule has 28 atom stereocenters. The van der Waals surface area contributed by atoms with Gasteiger partial charge < -0.3 is 104 Å². The van der Waals surface area contributed by atoms with Gasteiger partial charge in [0.05, 0.1) is 55.7 Å². The van der Waals surface area contributed by atoms with Crippen molar-refractivity contribution >= 4 is 17.9 Å². The third kappa shape index (κ3) is 8.54. The first-order chi connectivity index (χ1) is 36.3. The summed E-state index contributed by atoms with van der Waals surface area (Å²) < 4.78 is 50.0. The molecule has 1 aromatic rings. The Balaban J connectivity index is 0.899. The van der Waals surface area contributed by atoms with Crippen LogP contribution >= 0.6 is 0 Å². The number of benzene rings is 1. The second kappa shape index (κ2) is 20.4. The van der Waals surface area contributed by atoms with E-state index >= 15 is 0 Å². The second-order valence-corrected chi connectivity index (χ2v) is 25.7. The lowest BCUT2D eigenvalue weighted by Gasteiger charge is -2.73. The lowest BCUT2D eigenvalue weighted by Crippen LogP contribution is -2.74. The first-order valence-corrected chi connectivity index (χ1v) is 27.6. The number of nitrogens with one attached hydrogen (secondary N) is 1. The highest BCUT2D eigenvalue weighted by molar-refractivity contribution is 5.95. The monoisotopic (exact) mass is 1090 g/mol. The van der Waals surface area contributed by atoms with Gasteiger partial charge in [-0.15, -0.1) is 0 Å². The maximum Gasteiger partial charge on any atom is 0.340 e. The molecule has 22 nitrogen and oxygen atoms in total. The van der Waals surface area contributed by atoms with Crippen LogP contribution in [0.2, 0.25) is 0 Å². The lowest BCUT2D eigenvalue weighted by atomic mass is 9.31. The van der Waals surface area contributed by atoms with E-state index in [9.17, 15) is 65.8 Å². The molecule has 0 radical (unpaired) electrons. The van der Waals surface area contributed by atoms with Crippen LogP contribution in [0.15, 0.2) is 24.3 Å². The van der Waals surface area contributed by atoms with E-state index in [1.54, 1.807) is 25.2 Å². The summed E-state index contributed by atoms with van der Waals surface area (Å²) in [4.78, 5) is 27.2. The molecule has 4 aliphatic heterocycles. The molecule has 5 saturated carbocycles. The van der Waals surface area contributed by atoms with Crippen LogP contribution in [0.3, 0.4) is 0 Å². The van der Waals surface area contributed by atoms with Crippen LogP contribution < -0.4 is 5.32 Å². The highest BCUT2D eigenvalue weighted by Crippen LogP contribution is 2.83. The predicted molar refractivity (Wildman–Crippen MR) is 266 cm³/mol. The van der Waals surface area contributed by atoms with Crippen molar-refractivity contribution in [1.29, 1.82) is 0 Å². The van der Waals surface area contributed by atoms with E-state index in [1.165, 1.54) is 0 Å². The Hall–Kier alpha value is -2.56. The van der Waals surface area contributed by atoms with E-state index < -0.39 is 168 Å². The van der Waals surface area contributed by atoms with Gasteiger partial charge in [0.2, 0.25) is 0 Å². The quantitative estimate of drug-likeness (QED) is 0.0512. The Kier molecular flexibility index (Phi) is 15.3. The minimum Gasteiger partial charge on any atom is -0.458 e. The molecule has 22 heteroatoms. The van der Waals surface area contributed by atoms with Crippen molar-refractivity contribution in [2.75, 3.05) is 38.8 Å². The molecular weight excluding hydrogens is 1010 g/mol. The number of aldehydes is 1. The first kappa shape index (κ1) is 57.7. The summed E-state index contributed by atoms with van der Waals surface area (Å²) in [7, 11) is 1.72. The third-order valence-corrected chi connectivity index (χ3v) is 22.1. The highest BCUT2D eigenvalue weighted by atomic mass is 16.8. The van der Waals surface area contributed by atoms with Gasteiger partial charge in [0.25, 0.3) is 0 Å². The van der Waals surface area contributed by atoms with Crippen molar-refractivity contribution in [3.8, 4) is 0 Å². The Morgan fingerprint density at radius 2 is 1.34 bits per heavy atom. The fourth-order valence-electron chi connectivity index (χ4n) is 17.2. The molecule has 12 N–H and O–H groups in total. The number of aliphatic hydroxyl groups excluding tert-OH is 11. The highest BCUT2D eigenvalue weighted by Gasteiger charge is 2.86. The number of epoxide rings is 1. The van der Waals surface area contributed by atoms with Crippen molar-refractivity contribution in [1.82, 2.24) is 0 Å². The van der Waals surface area contributed by atoms with Gasteiger partial charge >= 0.3 is 5.97 Å². The third-order valence-electron chi connectivity index (χ3n) is 22.1. The Morgan fingerprint density at radius 1 is 0.701 bits per heavy atom. The Morgan fingerprint density at radius 3 is 1.95 bits per heavy atom. The average molecular weight is 1090 g/mol. The maximum atomic E-state index is 13.8. The van der Waals surface area contributed by atoms with E-state index in [0.717, 1.165) is 6.29 Å². The summed E-state index contributed by atoms with van der Waals surface area (Å²) in [5, 5.41) is 123. The van der Waals surface area contributed by atoms with Crippen molar-refractivity contribution in [2.24, 2.45) is 50.2 Å². The summed E-state index contributed by atoms with van der Waals surface area (Å²) >= 11 is 0. The van der Waals surface area contributed by atoms with Gasteiger partial charge in [0.1, 0.15) is 85.1 Å². The van der Waals surface area contributed by atoms with E-state index in [4.69, 9.17) is 37.9 Å². The van der Waals surface area contributed by atoms with Gasteiger partial charge in [0, 0.05) is 34.9 Å². The number of carbonyl (C=O) groups excluding carboxylic acids is 2. The fraction of sp³-hybridized carbons (Fsp3) is 0.855. The Labute approximate surface area is 448 Å². The molecule has 0 bridgehead atoms. The first-order valence-electron chi connectivity index (χ1n) is 27.6. The van der Waals surface area contributed by atoms with E-state index in [1.807, 2.05) is 19.9 Å². The molecule has 434 valence electrons. The SMILES string of the molecule is CNc1ccccc1C(=O)O[C@H]1C[C@]2(C)[C@@H](O)C[C@]3(C)[C@@]4(O[C@@H]4C[C@@H]4[C@]5(C)CC[C@H](O[C@@H]6OC[C@@H](O[C@H]7O[C@H](CO)[C@H](O)[C@H](O)[C@@H]7O)[C@@H](O)[C@H]6O[C@H]6O[C@@H](CO)[C@@H](O)[C@@H](O)[C@H]6O)[C@@](C)(CO)[C@H]5CC[C@]43C)[C@H]2C[C@]1(C)C=O. The number of anilines is 1. The molecule has 9 fully saturated rings. The minimum atomic E-state index is -1.89. The number of ether oxygens (including phenoxy) is 8. The fourth-order valence-corrected chi connectivity index (χ4v) is 17.2. The number of fused-ring (bicyclic) bond motifs is 5. The zero-order chi connectivity index (χ0) is 55.7. The van der Waals surface area contributed by atoms with Crippen LogP contribution in [-0.2, 0) is 42.7 Å². The van der Waals surface area contributed by atoms with E-state index in [-0.39, 0.29) is 36.9 Å². The number of esters is 1. The van der Waals surface area contributed by atoms with Crippen LogP contribution in [0.1, 0.15) is 103 Å². The topological polar surface area (TPSA) is 346 Å². The number of rotatable bonds is 13. The molecule has 1 spiro atoms. The van der Waals surface area contributed by atoms with Crippen LogP contribution in [0.4, 0.5) is 5.69 Å². The second-order valence-electron chi connectivity index (χ2n) is 25.7. The molecule has 9 aliphatic rings. The minimum absolute atomic E-state index is 0.0418. The largest absolute Gasteiger partial charge is 0.458 e. The molecule has 4 heterocycles. The van der Waals surface area contributed by atoms with Crippen LogP contribution in [0.5, 0.6) is 0 Å². The van der Waals surface area contributed by atoms with Crippen molar-refractivity contribution in [3.05, 3.63) is 29.8 Å². The summed E-state index contributed by atoms with van der Waals surface area (Å²) in [5.41, 5.74) is -3.87. The van der Waals surface area contributed by atoms with Crippen LogP contribution in [0.25, 0.3) is 0 Å². The number of carbonyl (C=O) groups is 2. The van der Waals surface area contributed by atoms with E-state index in [0.29, 0.717) is 56.2 Å². The predicted octanol–water partition coefficient (Wildman–Crippen LogP) is -0.509. The number of aliphatic hydroxyl groups is 11. The molecule has 4 saturated heterocycles. The van der Waals surface area contributed by atoms with Crippen LogP contribution in [0, 0.1) is 50.2 Å². The summed E-state index contributed by atoms with van der Waals surface area (Å²) in [5.74, 6) is -0.900. The van der Waals surface area contributed by atoms with Gasteiger partial charge in [-0.2, -0.15) is 0 Å². The molecule has 0 amide bonds. The summed E-state index contributed by atoms with van der Waals surface area (Å²) in [6.45, 7) is 10.5. The van der Waals surface area contributed by atoms with Crippen LogP contribution in [-0.4, -0.2) is 218 Å². The molecular formula is C55H83NO21. The Bertz CT molecular complexity index is 2330. The zero-order valence-electron chi connectivity index (χ0n) is 45.0. The number of hydrogen-bond acceptors (Lipinski definition) is 22. The van der Waals surface area contributed by atoms with Crippen molar-refractivity contribution in [3.63, 3.8) is 0 Å². The molecule has 1 aromatic carbocycles. The van der Waals surface area contributed by atoms with Gasteiger partial charge in [-0.3, -0.25) is 0 Å². The van der Waals surface area contributed by atoms with Crippen molar-refractivity contribution < 1.29 is 104 Å². The van der Waals surface area contributed by atoms with Gasteiger partial charge in [-0.25, -0.2) is 4.79 Å². The van der Waals surface area contributed by atoms with Crippen molar-refractivity contribution in [2.45, 2.75) is 209 Å². The standard InChI is InChI=1S/C55H83NO21/c1-49(23-59)17-32-51(3,19-36(49)74-45(69)25-10-8-9-11-26(25)56-7)33(61)18-54(6)53(5)15-12-30-50(2,31(53)16-35-55(32,54)77-35)14-13-34(52(30,4)24-60)75-48-44(76-47-43(68)41(66)38(63)28(21-58)72-47)39(64)29(22-70-48)73-46-42(67)40(65)37(62)27(20-57)71-46/h8-11,23,27-44,46-48,56-58,60-68H,12-22,24H2,1-7H3/t27-,28+,29-,30+,31-,32+,33+,34+,35-,36+,37+,38-,39-,40+,41-,42+,43-,44-,46-,47-,48+,49-,50-,51+,52+,53-,54+,55-/m1/s1. The molecule has 0 aromatic heterocycles. The molecule has 0 unspecified atom stereocenters. The molecule has 5 aliphatic carbocycles. The van der Waals surface area contributed by atoms with Gasteiger partial charge in [-0.1, -0.05) is 46.8 Å². The zero-order valence-corrected chi connectivity index (χ0v) is 45.0. The number of para-hydroxylation sites is 1. The summed E-state index contributed by atoms with van der Waals surface area (Å²) in [6.07, 6.45) is -20.7. The van der Waals surface area contributed by atoms with Gasteiger partial charge in [-0.05, 0) is 93.1 Å². The molecule has 10 rings (SSSR count).